The molecule has 2 amide bonds. The van der Waals surface area contributed by atoms with Crippen molar-refractivity contribution in [2.45, 2.75) is 19.1 Å². The molecular weight excluding hydrogens is 521 g/mol. The number of aromatic nitrogens is 4. The summed E-state index contributed by atoms with van der Waals surface area (Å²) in [4.78, 5) is 23.6. The van der Waals surface area contributed by atoms with Crippen LogP contribution in [0, 0.1) is 5.82 Å². The molecule has 0 bridgehead atoms. The quantitative estimate of drug-likeness (QED) is 0.360. The molecule has 35 heavy (non-hydrogen) atoms. The Kier molecular flexibility index (Phi) is 6.26. The highest BCUT2D eigenvalue weighted by atomic mass is 79.9. The van der Waals surface area contributed by atoms with Gasteiger partial charge in [-0.05, 0) is 47.1 Å². The van der Waals surface area contributed by atoms with Crippen LogP contribution < -0.4 is 11.1 Å². The summed E-state index contributed by atoms with van der Waals surface area (Å²) in [6.45, 7) is 2.73. The lowest BCUT2D eigenvalue weighted by molar-refractivity contribution is -0.0404. The van der Waals surface area contributed by atoms with Crippen molar-refractivity contribution in [3.63, 3.8) is 0 Å². The number of nitrogens with one attached hydrogen (secondary N) is 1. The maximum Gasteiger partial charge on any atom is 0.318 e. The van der Waals surface area contributed by atoms with Crippen LogP contribution in [0.25, 0.3) is 27.7 Å². The maximum absolute atomic E-state index is 13.7. The molecule has 0 aliphatic carbocycles. The number of hydrogen-bond donors (Lipinski definition) is 3. The number of morpholine rings is 1. The molecule has 1 fully saturated rings. The summed E-state index contributed by atoms with van der Waals surface area (Å²) in [5.41, 5.74) is 9.40. The number of nitrogens with zero attached hydrogens (tertiary/aromatic N) is 5. The smallest absolute Gasteiger partial charge is 0.318 e. The predicted octanol–water partition coefficient (Wildman–Crippen LogP) is 2.89. The molecule has 4 heterocycles. The monoisotopic (exact) mass is 543 g/mol. The van der Waals surface area contributed by atoms with Gasteiger partial charge in [-0.1, -0.05) is 0 Å². The van der Waals surface area contributed by atoms with E-state index in [9.17, 15) is 14.3 Å². The summed E-state index contributed by atoms with van der Waals surface area (Å²) in [6, 6.07) is 5.45. The largest absolute Gasteiger partial charge is 0.394 e. The van der Waals surface area contributed by atoms with Crippen LogP contribution in [0.1, 0.15) is 18.7 Å². The molecular formula is C23H23BrFN7O3. The summed E-state index contributed by atoms with van der Waals surface area (Å²) >= 11 is 3.49. The number of nitrogen functional groups attached to an aromatic ring is 1. The highest BCUT2D eigenvalue weighted by Crippen LogP contribution is 2.33. The molecule has 12 heteroatoms. The van der Waals surface area contributed by atoms with E-state index in [1.165, 1.54) is 16.6 Å². The van der Waals surface area contributed by atoms with Crippen molar-refractivity contribution in [3.8, 4) is 11.1 Å². The fraction of sp³-hybridized carbons (Fsp3) is 0.304. The number of aliphatic hydroxyl groups excluding tert-OH is 1. The normalized spacial score (nSPS) is 17.1. The second-order valence-corrected chi connectivity index (χ2v) is 9.14. The minimum Gasteiger partial charge on any atom is -0.394 e. The molecule has 0 saturated carbocycles. The van der Waals surface area contributed by atoms with E-state index in [1.54, 1.807) is 30.3 Å². The minimum absolute atomic E-state index is 0.153. The van der Waals surface area contributed by atoms with Crippen LogP contribution in [0.15, 0.2) is 41.1 Å². The van der Waals surface area contributed by atoms with E-state index in [2.05, 4.69) is 31.3 Å². The number of ether oxygens (including phenoxy) is 1. The van der Waals surface area contributed by atoms with Gasteiger partial charge in [-0.2, -0.15) is 9.61 Å². The number of carbonyl (C=O) groups excluding carboxylic acids is 1. The van der Waals surface area contributed by atoms with Crippen LogP contribution in [-0.4, -0.2) is 68.0 Å². The first-order valence-electron chi connectivity index (χ1n) is 11.0. The van der Waals surface area contributed by atoms with Crippen molar-refractivity contribution in [1.82, 2.24) is 29.8 Å². The molecule has 0 spiro atoms. The summed E-state index contributed by atoms with van der Waals surface area (Å²) in [7, 11) is 0. The highest BCUT2D eigenvalue weighted by molar-refractivity contribution is 9.10. The first-order valence-corrected chi connectivity index (χ1v) is 11.8. The van der Waals surface area contributed by atoms with Crippen molar-refractivity contribution in [3.05, 3.63) is 52.6 Å². The third-order valence-electron chi connectivity index (χ3n) is 5.98. The van der Waals surface area contributed by atoms with Crippen LogP contribution in [-0.2, 0) is 4.74 Å². The third kappa shape index (κ3) is 4.40. The van der Waals surface area contributed by atoms with Crippen molar-refractivity contribution in [2.75, 3.05) is 32.0 Å². The molecule has 1 aromatic carbocycles. The SMILES string of the molecule is CC(NC(=O)N1CCOC(CO)C1)c1nc2c(-c3cnc4ccc(F)cc4c3)cnn2c(N)c1Br. The first-order chi connectivity index (χ1) is 16.9. The van der Waals surface area contributed by atoms with E-state index in [1.807, 2.05) is 6.07 Å². The Bertz CT molecular complexity index is 1430. The number of urea groups is 1. The van der Waals surface area contributed by atoms with Crippen molar-refractivity contribution in [2.24, 2.45) is 0 Å². The van der Waals surface area contributed by atoms with Crippen LogP contribution in [0.2, 0.25) is 0 Å². The number of fused-ring (bicyclic) bond motifs is 2. The fourth-order valence-electron chi connectivity index (χ4n) is 4.11. The van der Waals surface area contributed by atoms with Crippen LogP contribution in [0.4, 0.5) is 15.0 Å². The second kappa shape index (κ2) is 9.36. The maximum atomic E-state index is 13.7. The zero-order valence-electron chi connectivity index (χ0n) is 18.8. The molecule has 182 valence electrons. The van der Waals surface area contributed by atoms with Crippen molar-refractivity contribution in [1.29, 1.82) is 0 Å². The average molecular weight is 544 g/mol. The zero-order valence-corrected chi connectivity index (χ0v) is 20.4. The number of carbonyl (C=O) groups is 1. The van der Waals surface area contributed by atoms with Gasteiger partial charge >= 0.3 is 6.03 Å². The number of aliphatic hydroxyl groups is 1. The Labute approximate surface area is 208 Å². The van der Waals surface area contributed by atoms with Gasteiger partial charge in [0.1, 0.15) is 11.6 Å². The van der Waals surface area contributed by atoms with Crippen molar-refractivity contribution < 1.29 is 19.0 Å². The lowest BCUT2D eigenvalue weighted by atomic mass is 10.1. The molecule has 10 nitrogen and oxygen atoms in total. The molecule has 4 N–H and O–H groups in total. The number of halogens is 2. The summed E-state index contributed by atoms with van der Waals surface area (Å²) < 4.78 is 21.2. The standard InChI is InChI=1S/C23H23BrFN7O3/c1-12(29-23(34)31-4-5-35-16(10-31)11-33)20-19(24)21(26)32-22(30-20)17(9-28-32)14-6-13-7-15(25)2-3-18(13)27-8-14/h2-3,6-9,12,16,33H,4-5,10-11,26H2,1H3,(H,29,34). The summed E-state index contributed by atoms with van der Waals surface area (Å²) in [5, 5.41) is 17.3. The number of benzene rings is 1. The molecule has 5 rings (SSSR count). The van der Waals surface area contributed by atoms with Crippen LogP contribution in [0.3, 0.4) is 0 Å². The number of pyridine rings is 1. The highest BCUT2D eigenvalue weighted by Gasteiger charge is 2.27. The molecule has 0 radical (unpaired) electrons. The van der Waals surface area contributed by atoms with Gasteiger partial charge in [-0.3, -0.25) is 4.98 Å². The van der Waals surface area contributed by atoms with Gasteiger partial charge in [0, 0.05) is 29.3 Å². The zero-order chi connectivity index (χ0) is 24.7. The third-order valence-corrected chi connectivity index (χ3v) is 6.79. The number of nitrogens with two attached hydrogens (primary N) is 1. The number of rotatable bonds is 4. The topological polar surface area (TPSA) is 131 Å². The number of anilines is 1. The van der Waals surface area contributed by atoms with Crippen LogP contribution >= 0.6 is 15.9 Å². The van der Waals surface area contributed by atoms with Crippen LogP contribution in [0.5, 0.6) is 0 Å². The Morgan fingerprint density at radius 1 is 1.40 bits per heavy atom. The average Bonchev–Trinajstić information content (AvgIpc) is 3.29. The Morgan fingerprint density at radius 2 is 2.23 bits per heavy atom. The Balaban J connectivity index is 1.48. The lowest BCUT2D eigenvalue weighted by Crippen LogP contribution is -2.51. The van der Waals surface area contributed by atoms with E-state index in [4.69, 9.17) is 15.5 Å². The van der Waals surface area contributed by atoms with Gasteiger partial charge in [0.2, 0.25) is 0 Å². The van der Waals surface area contributed by atoms with E-state index in [0.29, 0.717) is 63.4 Å². The molecule has 1 saturated heterocycles. The number of hydrogen-bond acceptors (Lipinski definition) is 7. The van der Waals surface area contributed by atoms with Gasteiger partial charge in [0.15, 0.2) is 5.65 Å². The van der Waals surface area contributed by atoms with Gasteiger partial charge in [0.25, 0.3) is 0 Å². The van der Waals surface area contributed by atoms with Gasteiger partial charge in [-0.25, -0.2) is 14.2 Å². The predicted molar refractivity (Wildman–Crippen MR) is 131 cm³/mol. The molecule has 1 aliphatic heterocycles. The first kappa shape index (κ1) is 23.4. The minimum atomic E-state index is -0.494. The molecule has 2 unspecified atom stereocenters. The van der Waals surface area contributed by atoms with Crippen molar-refractivity contribution >= 4 is 44.3 Å². The Morgan fingerprint density at radius 3 is 3.03 bits per heavy atom. The van der Waals surface area contributed by atoms with Gasteiger partial charge in [0.05, 0.1) is 53.8 Å². The molecule has 1 aliphatic rings. The fourth-order valence-corrected chi connectivity index (χ4v) is 4.71. The summed E-state index contributed by atoms with van der Waals surface area (Å²) in [5.74, 6) is -0.0242. The second-order valence-electron chi connectivity index (χ2n) is 8.34. The van der Waals surface area contributed by atoms with Gasteiger partial charge < -0.3 is 25.8 Å². The van der Waals surface area contributed by atoms with E-state index < -0.39 is 12.1 Å². The molecule has 4 aromatic rings. The van der Waals surface area contributed by atoms with E-state index in [0.717, 1.165) is 0 Å². The summed E-state index contributed by atoms with van der Waals surface area (Å²) in [6.07, 6.45) is 2.90. The lowest BCUT2D eigenvalue weighted by Gasteiger charge is -2.33. The Hall–Kier alpha value is -3.35. The van der Waals surface area contributed by atoms with E-state index >= 15 is 0 Å². The van der Waals surface area contributed by atoms with E-state index in [-0.39, 0.29) is 18.5 Å². The molecule has 2 atom stereocenters. The van der Waals surface area contributed by atoms with Gasteiger partial charge in [-0.15, -0.1) is 0 Å². The molecule has 3 aromatic heterocycles. The number of amides is 2.